The standard InChI is InChI=1S/C18H25FN6/c1-20-18(24(2)13-14-7-9-15(19)10-8-14)21-12-17-23-22-16-6-4-3-5-11-25(16)17/h7-10H,3-6,11-13H2,1-2H3,(H,20,21). The molecule has 1 aliphatic heterocycles. The van der Waals surface area contributed by atoms with Crippen LogP contribution in [0.1, 0.15) is 36.5 Å². The van der Waals surface area contributed by atoms with Gasteiger partial charge in [0.1, 0.15) is 11.6 Å². The number of aliphatic imine (C=N–C) groups is 1. The third kappa shape index (κ3) is 4.35. The summed E-state index contributed by atoms with van der Waals surface area (Å²) in [5.41, 5.74) is 1.03. The molecule has 0 saturated carbocycles. The van der Waals surface area contributed by atoms with Crippen LogP contribution in [0.2, 0.25) is 0 Å². The second-order valence-corrected chi connectivity index (χ2v) is 6.38. The van der Waals surface area contributed by atoms with E-state index in [1.807, 2.05) is 11.9 Å². The minimum Gasteiger partial charge on any atom is -0.349 e. The Morgan fingerprint density at radius 3 is 2.80 bits per heavy atom. The van der Waals surface area contributed by atoms with Crippen molar-refractivity contribution < 1.29 is 4.39 Å². The molecule has 0 fully saturated rings. The van der Waals surface area contributed by atoms with Gasteiger partial charge in [0.2, 0.25) is 0 Å². The van der Waals surface area contributed by atoms with Crippen LogP contribution in [0.15, 0.2) is 29.3 Å². The minimum absolute atomic E-state index is 0.221. The number of fused-ring (bicyclic) bond motifs is 1. The molecule has 0 atom stereocenters. The Hall–Kier alpha value is -2.44. The third-order valence-corrected chi connectivity index (χ3v) is 4.50. The van der Waals surface area contributed by atoms with Gasteiger partial charge in [0.25, 0.3) is 0 Å². The minimum atomic E-state index is -0.221. The predicted molar refractivity (Wildman–Crippen MR) is 95.6 cm³/mol. The van der Waals surface area contributed by atoms with E-state index in [0.29, 0.717) is 13.1 Å². The molecule has 134 valence electrons. The van der Waals surface area contributed by atoms with Crippen molar-refractivity contribution in [2.24, 2.45) is 4.99 Å². The lowest BCUT2D eigenvalue weighted by molar-refractivity contribution is 0.472. The molecule has 6 nitrogen and oxygen atoms in total. The molecule has 1 aliphatic rings. The Bertz CT molecular complexity index is 722. The van der Waals surface area contributed by atoms with Gasteiger partial charge >= 0.3 is 0 Å². The quantitative estimate of drug-likeness (QED) is 0.683. The fourth-order valence-corrected chi connectivity index (χ4v) is 3.16. The first-order valence-corrected chi connectivity index (χ1v) is 8.74. The van der Waals surface area contributed by atoms with Gasteiger partial charge in [-0.25, -0.2) is 4.39 Å². The summed E-state index contributed by atoms with van der Waals surface area (Å²) in [6, 6.07) is 6.53. The molecule has 7 heteroatoms. The summed E-state index contributed by atoms with van der Waals surface area (Å²) < 4.78 is 15.3. The number of guanidine groups is 1. The Kier molecular flexibility index (Phi) is 5.63. The first-order chi connectivity index (χ1) is 12.2. The average Bonchev–Trinajstić information content (AvgIpc) is 2.84. The number of hydrogen-bond acceptors (Lipinski definition) is 3. The summed E-state index contributed by atoms with van der Waals surface area (Å²) in [5.74, 6) is 2.59. The van der Waals surface area contributed by atoms with Gasteiger partial charge in [0.15, 0.2) is 11.8 Å². The van der Waals surface area contributed by atoms with Gasteiger partial charge in [-0.15, -0.1) is 10.2 Å². The van der Waals surface area contributed by atoms with E-state index >= 15 is 0 Å². The van der Waals surface area contributed by atoms with Crippen molar-refractivity contribution in [3.8, 4) is 0 Å². The van der Waals surface area contributed by atoms with Crippen LogP contribution in [0.4, 0.5) is 4.39 Å². The van der Waals surface area contributed by atoms with E-state index in [-0.39, 0.29) is 5.82 Å². The number of nitrogens with one attached hydrogen (secondary N) is 1. The van der Waals surface area contributed by atoms with Gasteiger partial charge in [-0.2, -0.15) is 0 Å². The van der Waals surface area contributed by atoms with E-state index < -0.39 is 0 Å². The van der Waals surface area contributed by atoms with E-state index in [1.54, 1.807) is 19.2 Å². The summed E-state index contributed by atoms with van der Waals surface area (Å²) in [7, 11) is 3.72. The van der Waals surface area contributed by atoms with E-state index in [2.05, 4.69) is 25.1 Å². The topological polar surface area (TPSA) is 58.3 Å². The number of rotatable bonds is 4. The zero-order chi connectivity index (χ0) is 17.6. The molecule has 1 aromatic heterocycles. The Morgan fingerprint density at radius 2 is 2.04 bits per heavy atom. The monoisotopic (exact) mass is 344 g/mol. The van der Waals surface area contributed by atoms with E-state index in [1.165, 1.54) is 31.4 Å². The number of aromatic nitrogens is 3. The lowest BCUT2D eigenvalue weighted by atomic mass is 10.2. The lowest BCUT2D eigenvalue weighted by Crippen LogP contribution is -2.38. The molecule has 1 N–H and O–H groups in total. The summed E-state index contributed by atoms with van der Waals surface area (Å²) >= 11 is 0. The molecule has 25 heavy (non-hydrogen) atoms. The highest BCUT2D eigenvalue weighted by Crippen LogP contribution is 2.14. The lowest BCUT2D eigenvalue weighted by Gasteiger charge is -2.22. The second kappa shape index (κ2) is 8.09. The molecule has 0 radical (unpaired) electrons. The maximum Gasteiger partial charge on any atom is 0.194 e. The van der Waals surface area contributed by atoms with Crippen molar-refractivity contribution in [1.82, 2.24) is 25.0 Å². The van der Waals surface area contributed by atoms with Crippen molar-refractivity contribution in [2.75, 3.05) is 14.1 Å². The zero-order valence-electron chi connectivity index (χ0n) is 14.9. The fourth-order valence-electron chi connectivity index (χ4n) is 3.16. The predicted octanol–water partition coefficient (Wildman–Crippen LogP) is 2.35. The van der Waals surface area contributed by atoms with Crippen molar-refractivity contribution >= 4 is 5.96 Å². The molecule has 0 aliphatic carbocycles. The van der Waals surface area contributed by atoms with Gasteiger partial charge in [-0.1, -0.05) is 18.6 Å². The van der Waals surface area contributed by atoms with Crippen LogP contribution in [0, 0.1) is 5.82 Å². The van der Waals surface area contributed by atoms with Gasteiger partial charge < -0.3 is 14.8 Å². The van der Waals surface area contributed by atoms with Crippen LogP contribution in [0.5, 0.6) is 0 Å². The molecular formula is C18H25FN6. The van der Waals surface area contributed by atoms with Crippen molar-refractivity contribution in [1.29, 1.82) is 0 Å². The van der Waals surface area contributed by atoms with E-state index in [0.717, 1.165) is 36.1 Å². The largest absolute Gasteiger partial charge is 0.349 e. The summed E-state index contributed by atoms with van der Waals surface area (Å²) in [6.45, 7) is 2.23. The van der Waals surface area contributed by atoms with Crippen LogP contribution >= 0.6 is 0 Å². The molecular weight excluding hydrogens is 319 g/mol. The SMILES string of the molecule is CN=C(NCc1nnc2n1CCCCC2)N(C)Cc1ccc(F)cc1. The summed E-state index contributed by atoms with van der Waals surface area (Å²) in [5, 5.41) is 12.0. The van der Waals surface area contributed by atoms with Gasteiger partial charge in [0.05, 0.1) is 6.54 Å². The first kappa shape index (κ1) is 17.4. The Labute approximate surface area is 147 Å². The molecule has 0 amide bonds. The summed E-state index contributed by atoms with van der Waals surface area (Å²) in [6.07, 6.45) is 4.62. The molecule has 1 aromatic carbocycles. The highest BCUT2D eigenvalue weighted by Gasteiger charge is 2.15. The Morgan fingerprint density at radius 1 is 1.24 bits per heavy atom. The second-order valence-electron chi connectivity index (χ2n) is 6.38. The molecule has 0 bridgehead atoms. The highest BCUT2D eigenvalue weighted by atomic mass is 19.1. The molecule has 2 heterocycles. The number of halogens is 1. The smallest absolute Gasteiger partial charge is 0.194 e. The first-order valence-electron chi connectivity index (χ1n) is 8.74. The highest BCUT2D eigenvalue weighted by molar-refractivity contribution is 5.79. The molecule has 2 aromatic rings. The van der Waals surface area contributed by atoms with E-state index in [4.69, 9.17) is 0 Å². The van der Waals surface area contributed by atoms with Crippen molar-refractivity contribution in [3.05, 3.63) is 47.3 Å². The number of hydrogen-bond donors (Lipinski definition) is 1. The fraction of sp³-hybridized carbons (Fsp3) is 0.500. The number of benzene rings is 1. The van der Waals surface area contributed by atoms with Gasteiger partial charge in [0, 0.05) is 33.6 Å². The average molecular weight is 344 g/mol. The maximum absolute atomic E-state index is 13.0. The van der Waals surface area contributed by atoms with Crippen molar-refractivity contribution in [3.63, 3.8) is 0 Å². The molecule has 0 saturated heterocycles. The number of aryl methyl sites for hydroxylation is 1. The Balaban J connectivity index is 1.61. The molecule has 0 spiro atoms. The molecule has 0 unspecified atom stereocenters. The van der Waals surface area contributed by atoms with Crippen LogP contribution < -0.4 is 5.32 Å². The van der Waals surface area contributed by atoms with Crippen LogP contribution in [-0.2, 0) is 26.1 Å². The summed E-state index contributed by atoms with van der Waals surface area (Å²) in [4.78, 5) is 6.34. The maximum atomic E-state index is 13.0. The van der Waals surface area contributed by atoms with Gasteiger partial charge in [-0.3, -0.25) is 4.99 Å². The van der Waals surface area contributed by atoms with Gasteiger partial charge in [-0.05, 0) is 30.5 Å². The number of nitrogens with zero attached hydrogens (tertiary/aromatic N) is 5. The third-order valence-electron chi connectivity index (χ3n) is 4.50. The zero-order valence-corrected chi connectivity index (χ0v) is 14.9. The van der Waals surface area contributed by atoms with Crippen LogP contribution in [0.25, 0.3) is 0 Å². The van der Waals surface area contributed by atoms with Crippen LogP contribution in [-0.4, -0.2) is 39.7 Å². The van der Waals surface area contributed by atoms with Crippen LogP contribution in [0.3, 0.4) is 0 Å². The van der Waals surface area contributed by atoms with Crippen molar-refractivity contribution in [2.45, 2.75) is 45.3 Å². The molecule has 3 rings (SSSR count). The van der Waals surface area contributed by atoms with E-state index in [9.17, 15) is 4.39 Å². The normalized spacial score (nSPS) is 14.8.